The fraction of sp³-hybridized carbons (Fsp3) is 0.455. The van der Waals surface area contributed by atoms with Gasteiger partial charge >= 0.3 is 5.97 Å². The number of carbonyl (C=O) groups excluding carboxylic acids is 1. The van der Waals surface area contributed by atoms with E-state index in [2.05, 4.69) is 9.72 Å². The number of hydrogen-bond donors (Lipinski definition) is 0. The number of ether oxygens (including phenoxy) is 1. The van der Waals surface area contributed by atoms with Gasteiger partial charge in [0.15, 0.2) is 0 Å². The van der Waals surface area contributed by atoms with Crippen LogP contribution in [0.3, 0.4) is 0 Å². The van der Waals surface area contributed by atoms with Crippen molar-refractivity contribution in [3.63, 3.8) is 0 Å². The highest BCUT2D eigenvalue weighted by Crippen LogP contribution is 2.23. The van der Waals surface area contributed by atoms with Gasteiger partial charge in [-0.3, -0.25) is 4.79 Å². The molecule has 0 radical (unpaired) electrons. The lowest BCUT2D eigenvalue weighted by Crippen LogP contribution is -2.12. The summed E-state index contributed by atoms with van der Waals surface area (Å²) in [4.78, 5) is 14.4. The van der Waals surface area contributed by atoms with Crippen LogP contribution in [0.1, 0.15) is 30.2 Å². The summed E-state index contributed by atoms with van der Waals surface area (Å²) in [6.07, 6.45) is -3.22. The Kier molecular flexibility index (Phi) is 5.40. The predicted molar refractivity (Wildman–Crippen MR) is 59.0 cm³/mol. The molecule has 0 saturated carbocycles. The molecule has 0 unspecified atom stereocenters. The van der Waals surface area contributed by atoms with E-state index in [1.54, 1.807) is 6.92 Å². The number of halogens is 4. The molecule has 0 aliphatic rings. The summed E-state index contributed by atoms with van der Waals surface area (Å²) in [6, 6.07) is 0.975. The van der Waals surface area contributed by atoms with Crippen LogP contribution in [0, 0.1) is 5.95 Å². The largest absolute Gasteiger partial charge is 0.466 e. The maximum absolute atomic E-state index is 13.4. The van der Waals surface area contributed by atoms with Gasteiger partial charge in [-0.15, -0.1) is 11.6 Å². The zero-order chi connectivity index (χ0) is 13.7. The van der Waals surface area contributed by atoms with Crippen LogP contribution in [-0.4, -0.2) is 17.6 Å². The fourth-order valence-electron chi connectivity index (χ4n) is 1.39. The fourth-order valence-corrected chi connectivity index (χ4v) is 1.67. The predicted octanol–water partition coefficient (Wildman–Crippen LogP) is 3.00. The Labute approximate surface area is 107 Å². The molecule has 0 atom stereocenters. The molecule has 0 aromatic carbocycles. The molecule has 0 aliphatic carbocycles. The lowest BCUT2D eigenvalue weighted by molar-refractivity contribution is -0.142. The minimum atomic E-state index is -2.91. The molecule has 7 heteroatoms. The molecule has 1 heterocycles. The summed E-state index contributed by atoms with van der Waals surface area (Å²) in [7, 11) is 0. The minimum absolute atomic E-state index is 0.0610. The van der Waals surface area contributed by atoms with E-state index in [1.165, 1.54) is 0 Å². The van der Waals surface area contributed by atoms with Gasteiger partial charge in [0, 0.05) is 5.56 Å². The average Bonchev–Trinajstić information content (AvgIpc) is 2.28. The second kappa shape index (κ2) is 6.58. The van der Waals surface area contributed by atoms with Gasteiger partial charge in [0.1, 0.15) is 5.69 Å². The molecule has 0 fully saturated rings. The highest BCUT2D eigenvalue weighted by atomic mass is 35.5. The van der Waals surface area contributed by atoms with E-state index < -0.39 is 24.0 Å². The van der Waals surface area contributed by atoms with Crippen molar-refractivity contribution in [3.8, 4) is 0 Å². The molecule has 0 saturated heterocycles. The number of hydrogen-bond acceptors (Lipinski definition) is 3. The van der Waals surface area contributed by atoms with E-state index in [0.29, 0.717) is 0 Å². The zero-order valence-corrected chi connectivity index (χ0v) is 10.3. The number of aromatic nitrogens is 1. The van der Waals surface area contributed by atoms with Crippen LogP contribution < -0.4 is 0 Å². The van der Waals surface area contributed by atoms with E-state index in [0.717, 1.165) is 6.07 Å². The third-order valence-electron chi connectivity index (χ3n) is 2.18. The Morgan fingerprint density at radius 1 is 1.56 bits per heavy atom. The van der Waals surface area contributed by atoms with Crippen LogP contribution in [0.4, 0.5) is 13.2 Å². The summed E-state index contributed by atoms with van der Waals surface area (Å²) in [5.41, 5.74) is -0.707. The van der Waals surface area contributed by atoms with E-state index in [4.69, 9.17) is 11.6 Å². The zero-order valence-electron chi connectivity index (χ0n) is 9.55. The van der Waals surface area contributed by atoms with Crippen molar-refractivity contribution in [1.29, 1.82) is 0 Å². The first-order valence-corrected chi connectivity index (χ1v) is 5.71. The Balaban J connectivity index is 3.10. The average molecular weight is 282 g/mol. The van der Waals surface area contributed by atoms with Crippen molar-refractivity contribution in [2.75, 3.05) is 6.61 Å². The Morgan fingerprint density at radius 3 is 2.72 bits per heavy atom. The van der Waals surface area contributed by atoms with Gasteiger partial charge in [0.25, 0.3) is 6.43 Å². The quantitative estimate of drug-likeness (QED) is 0.473. The molecule has 0 bridgehead atoms. The third-order valence-corrected chi connectivity index (χ3v) is 2.45. The topological polar surface area (TPSA) is 39.2 Å². The molecule has 1 aromatic rings. The van der Waals surface area contributed by atoms with Gasteiger partial charge in [-0.1, -0.05) is 0 Å². The molecule has 0 spiro atoms. The first kappa shape index (κ1) is 14.8. The summed E-state index contributed by atoms with van der Waals surface area (Å²) in [5.74, 6) is -1.96. The summed E-state index contributed by atoms with van der Waals surface area (Å²) < 4.78 is 43.0. The maximum atomic E-state index is 13.4. The Morgan fingerprint density at radius 2 is 2.22 bits per heavy atom. The number of pyridine rings is 1. The molecule has 0 amide bonds. The molecular weight excluding hydrogens is 271 g/mol. The normalized spacial score (nSPS) is 10.8. The minimum Gasteiger partial charge on any atom is -0.466 e. The molecule has 0 aliphatic heterocycles. The van der Waals surface area contributed by atoms with Gasteiger partial charge in [-0.25, -0.2) is 13.8 Å². The van der Waals surface area contributed by atoms with Crippen molar-refractivity contribution < 1.29 is 22.7 Å². The molecule has 3 nitrogen and oxygen atoms in total. The Hall–Kier alpha value is -1.30. The lowest BCUT2D eigenvalue weighted by Gasteiger charge is -2.10. The molecule has 1 aromatic heterocycles. The van der Waals surface area contributed by atoms with Crippen molar-refractivity contribution in [2.45, 2.75) is 25.7 Å². The van der Waals surface area contributed by atoms with E-state index in [-0.39, 0.29) is 30.0 Å². The Bertz CT molecular complexity index is 441. The van der Waals surface area contributed by atoms with Gasteiger partial charge in [-0.2, -0.15) is 4.39 Å². The second-order valence-electron chi connectivity index (χ2n) is 3.39. The van der Waals surface area contributed by atoms with Crippen LogP contribution in [0.15, 0.2) is 6.07 Å². The maximum Gasteiger partial charge on any atom is 0.310 e. The van der Waals surface area contributed by atoms with Crippen molar-refractivity contribution in [1.82, 2.24) is 4.98 Å². The molecular formula is C11H11ClF3NO2. The molecule has 100 valence electrons. The van der Waals surface area contributed by atoms with Crippen LogP contribution in [0.2, 0.25) is 0 Å². The van der Waals surface area contributed by atoms with E-state index in [1.807, 2.05) is 0 Å². The number of rotatable bonds is 5. The lowest BCUT2D eigenvalue weighted by atomic mass is 10.1. The number of carbonyl (C=O) groups is 1. The van der Waals surface area contributed by atoms with Crippen LogP contribution in [-0.2, 0) is 21.8 Å². The van der Waals surface area contributed by atoms with Crippen LogP contribution in [0.25, 0.3) is 0 Å². The van der Waals surface area contributed by atoms with E-state index in [9.17, 15) is 18.0 Å². The first-order chi connectivity index (χ1) is 8.49. The van der Waals surface area contributed by atoms with Crippen molar-refractivity contribution >= 4 is 17.6 Å². The van der Waals surface area contributed by atoms with Gasteiger partial charge in [-0.05, 0) is 18.6 Å². The molecule has 1 rings (SSSR count). The summed E-state index contributed by atoms with van der Waals surface area (Å²) in [6.45, 7) is 1.77. The van der Waals surface area contributed by atoms with Gasteiger partial charge < -0.3 is 4.74 Å². The van der Waals surface area contributed by atoms with Gasteiger partial charge in [0.2, 0.25) is 5.95 Å². The number of alkyl halides is 3. The SMILES string of the molecule is CCOC(=O)Cc1cc(C(F)F)nc(F)c1CCl. The number of nitrogens with zero attached hydrogens (tertiary/aromatic N) is 1. The standard InChI is InChI=1S/C11H11ClF3NO2/c1-2-18-9(17)4-6-3-8(10(13)14)16-11(15)7(6)5-12/h3,10H,2,4-5H2,1H3. The summed E-state index contributed by atoms with van der Waals surface area (Å²) >= 11 is 5.51. The van der Waals surface area contributed by atoms with Gasteiger partial charge in [0.05, 0.1) is 18.9 Å². The van der Waals surface area contributed by atoms with Crippen LogP contribution in [0.5, 0.6) is 0 Å². The third kappa shape index (κ3) is 3.60. The second-order valence-corrected chi connectivity index (χ2v) is 3.66. The van der Waals surface area contributed by atoms with Crippen molar-refractivity contribution in [3.05, 3.63) is 28.8 Å². The highest BCUT2D eigenvalue weighted by Gasteiger charge is 2.19. The molecule has 0 N–H and O–H groups in total. The molecule has 18 heavy (non-hydrogen) atoms. The summed E-state index contributed by atoms with van der Waals surface area (Å²) in [5, 5.41) is 0. The van der Waals surface area contributed by atoms with E-state index >= 15 is 0 Å². The number of esters is 1. The monoisotopic (exact) mass is 281 g/mol. The smallest absolute Gasteiger partial charge is 0.310 e. The first-order valence-electron chi connectivity index (χ1n) is 5.17. The van der Waals surface area contributed by atoms with Crippen LogP contribution >= 0.6 is 11.6 Å². The highest BCUT2D eigenvalue weighted by molar-refractivity contribution is 6.17. The van der Waals surface area contributed by atoms with Crippen molar-refractivity contribution in [2.24, 2.45) is 0 Å².